The van der Waals surface area contributed by atoms with E-state index in [2.05, 4.69) is 50.6 Å². The zero-order valence-electron chi connectivity index (χ0n) is 10.7. The molecule has 3 rings (SSSR count). The van der Waals surface area contributed by atoms with Gasteiger partial charge in [0.1, 0.15) is 0 Å². The number of hydrogen-bond donors (Lipinski definition) is 1. The van der Waals surface area contributed by atoms with Gasteiger partial charge in [0, 0.05) is 23.6 Å². The Morgan fingerprint density at radius 1 is 1.11 bits per heavy atom. The fourth-order valence-electron chi connectivity index (χ4n) is 3.04. The van der Waals surface area contributed by atoms with Crippen LogP contribution in [0.15, 0.2) is 28.7 Å². The van der Waals surface area contributed by atoms with E-state index in [-0.39, 0.29) is 0 Å². The molecule has 1 saturated heterocycles. The van der Waals surface area contributed by atoms with Crippen LogP contribution in [0.25, 0.3) is 0 Å². The molecule has 1 aromatic rings. The minimum Gasteiger partial charge on any atom is -0.252 e. The van der Waals surface area contributed by atoms with Gasteiger partial charge in [-0.25, -0.2) is 5.01 Å². The first-order chi connectivity index (χ1) is 8.81. The molecular formula is C15H21BrN2. The van der Waals surface area contributed by atoms with Gasteiger partial charge in [0.15, 0.2) is 0 Å². The van der Waals surface area contributed by atoms with Crippen molar-refractivity contribution in [1.82, 2.24) is 10.4 Å². The highest BCUT2D eigenvalue weighted by atomic mass is 79.9. The third-order valence-electron chi connectivity index (χ3n) is 4.18. The Bertz CT molecular complexity index is 395. The lowest BCUT2D eigenvalue weighted by atomic mass is 9.76. The van der Waals surface area contributed by atoms with Crippen LogP contribution in [-0.2, 0) is 0 Å². The first kappa shape index (κ1) is 12.6. The smallest absolute Gasteiger partial charge is 0.0226 e. The van der Waals surface area contributed by atoms with Crippen molar-refractivity contribution in [2.24, 2.45) is 0 Å². The van der Waals surface area contributed by atoms with E-state index in [1.807, 2.05) is 0 Å². The summed E-state index contributed by atoms with van der Waals surface area (Å²) in [5.41, 5.74) is 5.18. The highest BCUT2D eigenvalue weighted by Crippen LogP contribution is 2.37. The van der Waals surface area contributed by atoms with Gasteiger partial charge in [0.25, 0.3) is 0 Å². The maximum Gasteiger partial charge on any atom is 0.0226 e. The molecule has 0 aromatic heterocycles. The second-order valence-corrected chi connectivity index (χ2v) is 6.51. The van der Waals surface area contributed by atoms with Crippen LogP contribution in [0.2, 0.25) is 0 Å². The summed E-state index contributed by atoms with van der Waals surface area (Å²) in [4.78, 5) is 0. The monoisotopic (exact) mass is 308 g/mol. The van der Waals surface area contributed by atoms with Gasteiger partial charge < -0.3 is 0 Å². The van der Waals surface area contributed by atoms with Crippen LogP contribution in [-0.4, -0.2) is 24.1 Å². The second-order valence-electron chi connectivity index (χ2n) is 5.60. The number of nitrogens with one attached hydrogen (secondary N) is 1. The molecule has 3 heteroatoms. The first-order valence-electron chi connectivity index (χ1n) is 7.08. The highest BCUT2D eigenvalue weighted by Gasteiger charge is 2.31. The van der Waals surface area contributed by atoms with Crippen molar-refractivity contribution in [1.29, 1.82) is 0 Å². The summed E-state index contributed by atoms with van der Waals surface area (Å²) in [6.07, 6.45) is 6.69. The van der Waals surface area contributed by atoms with Crippen molar-refractivity contribution in [3.63, 3.8) is 0 Å². The van der Waals surface area contributed by atoms with Crippen LogP contribution in [0.1, 0.15) is 43.6 Å². The molecule has 0 atom stereocenters. The average Bonchev–Trinajstić information content (AvgIpc) is 2.34. The zero-order valence-corrected chi connectivity index (χ0v) is 12.3. The summed E-state index contributed by atoms with van der Waals surface area (Å²) in [5, 5.41) is 2.44. The predicted molar refractivity (Wildman–Crippen MR) is 78.5 cm³/mol. The molecule has 0 amide bonds. The van der Waals surface area contributed by atoms with E-state index in [0.717, 1.165) is 5.92 Å². The number of nitrogens with zero attached hydrogens (tertiary/aromatic N) is 1. The molecule has 1 heterocycles. The molecule has 1 aliphatic carbocycles. The second kappa shape index (κ2) is 5.72. The standard InChI is InChI=1S/C15H21BrN2/c16-14-6-4-5-12(9-14)13-10-15(11-13)17-18-7-2-1-3-8-18/h4-6,9,13,15,17H,1-3,7-8,10-11H2. The third-order valence-corrected chi connectivity index (χ3v) is 4.67. The van der Waals surface area contributed by atoms with Crippen molar-refractivity contribution in [3.8, 4) is 0 Å². The van der Waals surface area contributed by atoms with Crippen molar-refractivity contribution < 1.29 is 0 Å². The van der Waals surface area contributed by atoms with Crippen molar-refractivity contribution in [3.05, 3.63) is 34.3 Å². The van der Waals surface area contributed by atoms with Crippen LogP contribution in [0.3, 0.4) is 0 Å². The number of piperidine rings is 1. The zero-order chi connectivity index (χ0) is 12.4. The summed E-state index contributed by atoms with van der Waals surface area (Å²) in [6.45, 7) is 2.47. The molecule has 1 aromatic carbocycles. The Hall–Kier alpha value is -0.380. The van der Waals surface area contributed by atoms with Gasteiger partial charge >= 0.3 is 0 Å². The molecule has 0 spiro atoms. The van der Waals surface area contributed by atoms with Crippen LogP contribution >= 0.6 is 15.9 Å². The van der Waals surface area contributed by atoms with Gasteiger partial charge in [-0.2, -0.15) is 0 Å². The molecule has 1 saturated carbocycles. The SMILES string of the molecule is Brc1cccc(C2CC(NN3CCCCC3)C2)c1. The topological polar surface area (TPSA) is 15.3 Å². The Kier molecular flexibility index (Phi) is 4.02. The van der Waals surface area contributed by atoms with E-state index < -0.39 is 0 Å². The maximum absolute atomic E-state index is 3.69. The largest absolute Gasteiger partial charge is 0.252 e. The number of benzene rings is 1. The minimum absolute atomic E-state index is 0.701. The van der Waals surface area contributed by atoms with E-state index in [4.69, 9.17) is 0 Å². The maximum atomic E-state index is 3.69. The lowest BCUT2D eigenvalue weighted by molar-refractivity contribution is 0.0917. The number of hydrogen-bond acceptors (Lipinski definition) is 2. The number of rotatable bonds is 3. The number of hydrazine groups is 1. The van der Waals surface area contributed by atoms with Gasteiger partial charge in [0.05, 0.1) is 0 Å². The predicted octanol–water partition coefficient (Wildman–Crippen LogP) is 3.69. The molecule has 0 unspecified atom stereocenters. The fourth-order valence-corrected chi connectivity index (χ4v) is 3.45. The summed E-state index contributed by atoms with van der Waals surface area (Å²) in [7, 11) is 0. The Balaban J connectivity index is 1.48. The van der Waals surface area contributed by atoms with Crippen molar-refractivity contribution >= 4 is 15.9 Å². The van der Waals surface area contributed by atoms with E-state index in [9.17, 15) is 0 Å². The first-order valence-corrected chi connectivity index (χ1v) is 7.87. The van der Waals surface area contributed by atoms with Crippen LogP contribution in [0, 0.1) is 0 Å². The lowest BCUT2D eigenvalue weighted by Gasteiger charge is -2.41. The lowest BCUT2D eigenvalue weighted by Crippen LogP contribution is -2.51. The van der Waals surface area contributed by atoms with E-state index in [1.54, 1.807) is 0 Å². The summed E-state index contributed by atoms with van der Waals surface area (Å²) in [5.74, 6) is 0.754. The summed E-state index contributed by atoms with van der Waals surface area (Å²) < 4.78 is 1.20. The van der Waals surface area contributed by atoms with Crippen LogP contribution in [0.5, 0.6) is 0 Å². The van der Waals surface area contributed by atoms with E-state index in [1.165, 1.54) is 55.2 Å². The minimum atomic E-state index is 0.701. The molecule has 18 heavy (non-hydrogen) atoms. The van der Waals surface area contributed by atoms with Crippen LogP contribution in [0.4, 0.5) is 0 Å². The van der Waals surface area contributed by atoms with E-state index in [0.29, 0.717) is 6.04 Å². The molecular weight excluding hydrogens is 288 g/mol. The molecule has 98 valence electrons. The summed E-state index contributed by atoms with van der Waals surface area (Å²) in [6, 6.07) is 9.47. The fraction of sp³-hybridized carbons (Fsp3) is 0.600. The van der Waals surface area contributed by atoms with E-state index >= 15 is 0 Å². The molecule has 2 nitrogen and oxygen atoms in total. The van der Waals surface area contributed by atoms with Crippen LogP contribution < -0.4 is 5.43 Å². The third kappa shape index (κ3) is 2.95. The Morgan fingerprint density at radius 3 is 2.61 bits per heavy atom. The summed E-state index contributed by atoms with van der Waals surface area (Å²) >= 11 is 3.55. The van der Waals surface area contributed by atoms with Gasteiger partial charge in [0.2, 0.25) is 0 Å². The Morgan fingerprint density at radius 2 is 1.89 bits per heavy atom. The molecule has 2 fully saturated rings. The van der Waals surface area contributed by atoms with Crippen molar-refractivity contribution in [2.75, 3.05) is 13.1 Å². The van der Waals surface area contributed by atoms with Gasteiger partial charge in [-0.05, 0) is 49.3 Å². The molecule has 0 bridgehead atoms. The Labute approximate surface area is 118 Å². The molecule has 1 aliphatic heterocycles. The normalized spacial score (nSPS) is 28.9. The molecule has 1 N–H and O–H groups in total. The van der Waals surface area contributed by atoms with Gasteiger partial charge in [-0.15, -0.1) is 0 Å². The quantitative estimate of drug-likeness (QED) is 0.916. The highest BCUT2D eigenvalue weighted by molar-refractivity contribution is 9.10. The molecule has 0 radical (unpaired) electrons. The van der Waals surface area contributed by atoms with Gasteiger partial charge in [-0.1, -0.05) is 34.5 Å². The van der Waals surface area contributed by atoms with Gasteiger partial charge in [-0.3, -0.25) is 5.43 Å². The average molecular weight is 309 g/mol. The number of halogens is 1. The molecule has 2 aliphatic rings. The van der Waals surface area contributed by atoms with Crippen molar-refractivity contribution in [2.45, 2.75) is 44.1 Å².